The molecule has 3 aromatic rings. The lowest BCUT2D eigenvalue weighted by molar-refractivity contribution is 0.107. The Morgan fingerprint density at radius 3 is 2.63 bits per heavy atom. The van der Waals surface area contributed by atoms with Crippen LogP contribution in [0, 0.1) is 6.92 Å². The number of benzene rings is 1. The Morgan fingerprint density at radius 1 is 1.11 bits per heavy atom. The average Bonchev–Trinajstić information content (AvgIpc) is 3.08. The number of hydrogen-bond acceptors (Lipinski definition) is 6. The first kappa shape index (κ1) is 17.8. The Bertz CT molecular complexity index is 987. The molecule has 2 N–H and O–H groups in total. The van der Waals surface area contributed by atoms with Crippen LogP contribution in [0.4, 0.5) is 0 Å². The third kappa shape index (κ3) is 3.92. The molecule has 1 fully saturated rings. The van der Waals surface area contributed by atoms with Gasteiger partial charge in [0.25, 0.3) is 11.3 Å². The van der Waals surface area contributed by atoms with Crippen LogP contribution < -0.4 is 5.56 Å². The first-order chi connectivity index (χ1) is 13.1. The van der Waals surface area contributed by atoms with Gasteiger partial charge in [-0.1, -0.05) is 23.8 Å². The Balaban J connectivity index is 1.54. The van der Waals surface area contributed by atoms with Crippen LogP contribution in [0.5, 0.6) is 0 Å². The summed E-state index contributed by atoms with van der Waals surface area (Å²) in [5.41, 5.74) is 2.65. The molecule has 0 unspecified atom stereocenters. The van der Waals surface area contributed by atoms with Crippen molar-refractivity contribution in [1.29, 1.82) is 0 Å². The number of aliphatic hydroxyl groups excluding tert-OH is 1. The SMILES string of the molecule is Cc1cccc(-c2nc3nc(CN4CCN(CCO)CC4)cc(=O)n3[nH]2)c1. The van der Waals surface area contributed by atoms with Crippen molar-refractivity contribution in [2.75, 3.05) is 39.3 Å². The molecule has 4 rings (SSSR count). The highest BCUT2D eigenvalue weighted by Crippen LogP contribution is 2.16. The van der Waals surface area contributed by atoms with Crippen molar-refractivity contribution in [3.05, 3.63) is 51.9 Å². The highest BCUT2D eigenvalue weighted by molar-refractivity contribution is 5.57. The van der Waals surface area contributed by atoms with E-state index in [0.717, 1.165) is 43.0 Å². The zero-order chi connectivity index (χ0) is 18.8. The van der Waals surface area contributed by atoms with Crippen molar-refractivity contribution in [1.82, 2.24) is 29.4 Å². The summed E-state index contributed by atoms with van der Waals surface area (Å²) >= 11 is 0. The molecule has 1 saturated heterocycles. The second kappa shape index (κ2) is 7.59. The van der Waals surface area contributed by atoms with Crippen LogP contribution in [0.3, 0.4) is 0 Å². The molecule has 1 aliphatic rings. The summed E-state index contributed by atoms with van der Waals surface area (Å²) < 4.78 is 1.39. The first-order valence-corrected chi connectivity index (χ1v) is 9.24. The number of nitrogens with one attached hydrogen (secondary N) is 1. The molecule has 142 valence electrons. The lowest BCUT2D eigenvalue weighted by atomic mass is 10.1. The smallest absolute Gasteiger partial charge is 0.274 e. The van der Waals surface area contributed by atoms with Gasteiger partial charge in [0.1, 0.15) is 0 Å². The predicted molar refractivity (Wildman–Crippen MR) is 103 cm³/mol. The van der Waals surface area contributed by atoms with E-state index in [4.69, 9.17) is 5.11 Å². The molecular formula is C19H24N6O2. The number of aliphatic hydroxyl groups is 1. The maximum Gasteiger partial charge on any atom is 0.274 e. The molecule has 0 saturated carbocycles. The largest absolute Gasteiger partial charge is 0.395 e. The van der Waals surface area contributed by atoms with Gasteiger partial charge < -0.3 is 5.11 Å². The minimum atomic E-state index is -0.152. The van der Waals surface area contributed by atoms with Crippen LogP contribution in [0.2, 0.25) is 0 Å². The highest BCUT2D eigenvalue weighted by Gasteiger charge is 2.18. The normalized spacial score (nSPS) is 16.2. The van der Waals surface area contributed by atoms with E-state index in [-0.39, 0.29) is 12.2 Å². The molecular weight excluding hydrogens is 344 g/mol. The van der Waals surface area contributed by atoms with Gasteiger partial charge in [-0.2, -0.15) is 9.50 Å². The maximum atomic E-state index is 12.5. The minimum Gasteiger partial charge on any atom is -0.395 e. The molecule has 0 radical (unpaired) electrons. The summed E-state index contributed by atoms with van der Waals surface area (Å²) in [4.78, 5) is 26.1. The third-order valence-electron chi connectivity index (χ3n) is 4.94. The molecule has 8 nitrogen and oxygen atoms in total. The van der Waals surface area contributed by atoms with Crippen molar-refractivity contribution in [2.45, 2.75) is 13.5 Å². The van der Waals surface area contributed by atoms with E-state index in [2.05, 4.69) is 24.9 Å². The monoisotopic (exact) mass is 368 g/mol. The van der Waals surface area contributed by atoms with Crippen LogP contribution in [0.25, 0.3) is 17.2 Å². The Hall–Kier alpha value is -2.55. The van der Waals surface area contributed by atoms with Crippen molar-refractivity contribution in [3.63, 3.8) is 0 Å². The van der Waals surface area contributed by atoms with Crippen molar-refractivity contribution in [3.8, 4) is 11.4 Å². The summed E-state index contributed by atoms with van der Waals surface area (Å²) in [7, 11) is 0. The Morgan fingerprint density at radius 2 is 1.89 bits per heavy atom. The molecule has 1 aromatic carbocycles. The highest BCUT2D eigenvalue weighted by atomic mass is 16.3. The third-order valence-corrected chi connectivity index (χ3v) is 4.94. The van der Waals surface area contributed by atoms with Gasteiger partial charge in [0.15, 0.2) is 5.82 Å². The summed E-state index contributed by atoms with van der Waals surface area (Å²) in [6, 6.07) is 9.55. The maximum absolute atomic E-state index is 12.5. The van der Waals surface area contributed by atoms with Crippen LogP contribution in [-0.2, 0) is 6.54 Å². The Kier molecular flexibility index (Phi) is 5.02. The van der Waals surface area contributed by atoms with Gasteiger partial charge in [-0.3, -0.25) is 19.7 Å². The summed E-state index contributed by atoms with van der Waals surface area (Å²) in [5, 5.41) is 12.1. The average molecular weight is 368 g/mol. The van der Waals surface area contributed by atoms with Gasteiger partial charge >= 0.3 is 0 Å². The van der Waals surface area contributed by atoms with Crippen LogP contribution in [0.15, 0.2) is 35.1 Å². The second-order valence-corrected chi connectivity index (χ2v) is 7.00. The molecule has 0 amide bonds. The minimum absolute atomic E-state index is 0.152. The molecule has 0 bridgehead atoms. The van der Waals surface area contributed by atoms with Crippen molar-refractivity contribution in [2.24, 2.45) is 0 Å². The first-order valence-electron chi connectivity index (χ1n) is 9.24. The van der Waals surface area contributed by atoms with Crippen LogP contribution in [0.1, 0.15) is 11.3 Å². The number of hydrogen-bond donors (Lipinski definition) is 2. The molecule has 0 aliphatic carbocycles. The molecule has 2 aromatic heterocycles. The molecule has 27 heavy (non-hydrogen) atoms. The molecule has 3 heterocycles. The van der Waals surface area contributed by atoms with Gasteiger partial charge in [-0.05, 0) is 13.0 Å². The number of nitrogens with zero attached hydrogens (tertiary/aromatic N) is 5. The fraction of sp³-hybridized carbons (Fsp3) is 0.421. The number of piperazine rings is 1. The van der Waals surface area contributed by atoms with E-state index < -0.39 is 0 Å². The number of aromatic nitrogens is 4. The molecule has 1 aliphatic heterocycles. The van der Waals surface area contributed by atoms with Gasteiger partial charge in [-0.25, -0.2) is 4.98 Å². The Labute approximate surface area is 157 Å². The fourth-order valence-electron chi connectivity index (χ4n) is 3.47. The molecule has 8 heteroatoms. The summed E-state index contributed by atoms with van der Waals surface area (Å²) in [6.45, 7) is 7.20. The number of H-pyrrole nitrogens is 1. The van der Waals surface area contributed by atoms with Crippen LogP contribution >= 0.6 is 0 Å². The van der Waals surface area contributed by atoms with E-state index in [1.54, 1.807) is 6.07 Å². The van der Waals surface area contributed by atoms with Gasteiger partial charge in [0.2, 0.25) is 0 Å². The zero-order valence-corrected chi connectivity index (χ0v) is 15.4. The van der Waals surface area contributed by atoms with Crippen molar-refractivity contribution >= 4 is 5.78 Å². The zero-order valence-electron chi connectivity index (χ0n) is 15.4. The van der Waals surface area contributed by atoms with E-state index in [9.17, 15) is 4.79 Å². The number of β-amino-alcohol motifs (C(OH)–C–C–N with tert-alkyl or cyclic N) is 1. The number of aromatic amines is 1. The summed E-state index contributed by atoms with van der Waals surface area (Å²) in [6.07, 6.45) is 0. The van der Waals surface area contributed by atoms with E-state index >= 15 is 0 Å². The summed E-state index contributed by atoms with van der Waals surface area (Å²) in [5.74, 6) is 1.03. The topological polar surface area (TPSA) is 89.8 Å². The quantitative estimate of drug-likeness (QED) is 0.682. The van der Waals surface area contributed by atoms with Crippen molar-refractivity contribution < 1.29 is 5.11 Å². The van der Waals surface area contributed by atoms with Gasteiger partial charge in [-0.15, -0.1) is 0 Å². The van der Waals surface area contributed by atoms with E-state index in [0.29, 0.717) is 24.7 Å². The lowest BCUT2D eigenvalue weighted by Crippen LogP contribution is -2.46. The van der Waals surface area contributed by atoms with Gasteiger partial charge in [0, 0.05) is 50.9 Å². The van der Waals surface area contributed by atoms with E-state index in [1.165, 1.54) is 4.52 Å². The second-order valence-electron chi connectivity index (χ2n) is 7.00. The standard InChI is InChI=1S/C19H24N6O2/c1-14-3-2-4-15(11-14)18-21-19-20-16(12-17(27)25(19)22-18)13-24-7-5-23(6-8-24)9-10-26/h2-4,11-12,26H,5-10,13H2,1H3,(H,20,21,22). The van der Waals surface area contributed by atoms with E-state index in [1.807, 2.05) is 31.2 Å². The van der Waals surface area contributed by atoms with Crippen LogP contribution in [-0.4, -0.2) is 73.8 Å². The van der Waals surface area contributed by atoms with Gasteiger partial charge in [0.05, 0.1) is 12.3 Å². The molecule has 0 atom stereocenters. The number of rotatable bonds is 5. The predicted octanol–water partition coefficient (Wildman–Crippen LogP) is 0.503. The number of fused-ring (bicyclic) bond motifs is 1. The molecule has 0 spiro atoms. The number of aryl methyl sites for hydroxylation is 1. The lowest BCUT2D eigenvalue weighted by Gasteiger charge is -2.34. The fourth-order valence-corrected chi connectivity index (χ4v) is 3.47.